The second-order valence-corrected chi connectivity index (χ2v) is 4.96. The Labute approximate surface area is 102 Å². The van der Waals surface area contributed by atoms with Crippen LogP contribution in [-0.4, -0.2) is 10.9 Å². The second kappa shape index (κ2) is 4.23. The molecule has 0 radical (unpaired) electrons. The van der Waals surface area contributed by atoms with Crippen LogP contribution in [0.3, 0.4) is 0 Å². The molecule has 3 nitrogen and oxygen atoms in total. The fourth-order valence-corrected chi connectivity index (χ4v) is 2.55. The van der Waals surface area contributed by atoms with Gasteiger partial charge in [-0.05, 0) is 12.5 Å². The average molecular weight is 253 g/mol. The van der Waals surface area contributed by atoms with E-state index in [9.17, 15) is 4.79 Å². The van der Waals surface area contributed by atoms with Gasteiger partial charge in [0.2, 0.25) is 0 Å². The maximum Gasteiger partial charge on any atom is 0.268 e. The van der Waals surface area contributed by atoms with Crippen molar-refractivity contribution >= 4 is 28.8 Å². The minimum absolute atomic E-state index is 0.237. The van der Waals surface area contributed by atoms with E-state index in [1.807, 2.05) is 31.2 Å². The molecule has 0 aliphatic rings. The summed E-state index contributed by atoms with van der Waals surface area (Å²) in [5, 5.41) is 0. The lowest BCUT2D eigenvalue weighted by molar-refractivity contribution is 0.0997. The highest BCUT2D eigenvalue weighted by Crippen LogP contribution is 2.32. The molecule has 2 N–H and O–H groups in total. The molecule has 2 aromatic rings. The summed E-state index contributed by atoms with van der Waals surface area (Å²) in [5.41, 5.74) is 7.51. The normalized spacial score (nSPS) is 10.4. The molecular formula is C11H9ClN2OS. The van der Waals surface area contributed by atoms with Gasteiger partial charge in [0.25, 0.3) is 5.91 Å². The lowest BCUT2D eigenvalue weighted by Gasteiger charge is -2.00. The van der Waals surface area contributed by atoms with Gasteiger partial charge in [-0.15, -0.1) is 11.3 Å². The van der Waals surface area contributed by atoms with Crippen molar-refractivity contribution in [3.8, 4) is 10.4 Å². The molecule has 1 aromatic heterocycles. The molecule has 0 aliphatic heterocycles. The Balaban J connectivity index is 2.59. The monoisotopic (exact) mass is 252 g/mol. The van der Waals surface area contributed by atoms with Gasteiger partial charge in [0.15, 0.2) is 4.47 Å². The first kappa shape index (κ1) is 11.1. The molecular weight excluding hydrogens is 244 g/mol. The first-order valence-electron chi connectivity index (χ1n) is 4.61. The van der Waals surface area contributed by atoms with Crippen LogP contribution in [0, 0.1) is 6.92 Å². The maximum atomic E-state index is 11.2. The van der Waals surface area contributed by atoms with Crippen LogP contribution < -0.4 is 5.73 Å². The zero-order chi connectivity index (χ0) is 11.7. The van der Waals surface area contributed by atoms with E-state index in [-0.39, 0.29) is 5.69 Å². The number of halogens is 1. The molecule has 0 spiro atoms. The highest BCUT2D eigenvalue weighted by molar-refractivity contribution is 7.19. The third-order valence-corrected chi connectivity index (χ3v) is 3.32. The van der Waals surface area contributed by atoms with E-state index in [1.54, 1.807) is 0 Å². The molecule has 2 rings (SSSR count). The van der Waals surface area contributed by atoms with E-state index in [4.69, 9.17) is 17.3 Å². The number of nitrogens with two attached hydrogens (primary N) is 1. The molecule has 16 heavy (non-hydrogen) atoms. The summed E-state index contributed by atoms with van der Waals surface area (Å²) in [7, 11) is 0. The first-order chi connectivity index (χ1) is 7.58. The first-order valence-corrected chi connectivity index (χ1v) is 5.80. The number of aryl methyl sites for hydroxylation is 1. The number of hydrogen-bond donors (Lipinski definition) is 1. The topological polar surface area (TPSA) is 56.0 Å². The number of aromatic nitrogens is 1. The van der Waals surface area contributed by atoms with Crippen LogP contribution in [0.4, 0.5) is 0 Å². The fraction of sp³-hybridized carbons (Fsp3) is 0.0909. The number of benzene rings is 1. The van der Waals surface area contributed by atoms with Crippen molar-refractivity contribution < 1.29 is 4.79 Å². The van der Waals surface area contributed by atoms with E-state index < -0.39 is 5.91 Å². The summed E-state index contributed by atoms with van der Waals surface area (Å²) in [4.78, 5) is 15.9. The zero-order valence-electron chi connectivity index (χ0n) is 8.53. The van der Waals surface area contributed by atoms with Crippen molar-refractivity contribution in [1.82, 2.24) is 4.98 Å². The Morgan fingerprint density at radius 1 is 1.50 bits per heavy atom. The predicted molar refractivity (Wildman–Crippen MR) is 65.8 cm³/mol. The van der Waals surface area contributed by atoms with E-state index >= 15 is 0 Å². The van der Waals surface area contributed by atoms with Crippen molar-refractivity contribution in [3.05, 3.63) is 40.0 Å². The van der Waals surface area contributed by atoms with Gasteiger partial charge in [-0.25, -0.2) is 4.98 Å². The predicted octanol–water partition coefficient (Wildman–Crippen LogP) is 2.87. The van der Waals surface area contributed by atoms with E-state index in [2.05, 4.69) is 4.98 Å². The van der Waals surface area contributed by atoms with Crippen molar-refractivity contribution in [1.29, 1.82) is 0 Å². The number of rotatable bonds is 2. The van der Waals surface area contributed by atoms with Crippen LogP contribution in [-0.2, 0) is 0 Å². The van der Waals surface area contributed by atoms with Gasteiger partial charge in [0, 0.05) is 0 Å². The highest BCUT2D eigenvalue weighted by atomic mass is 35.5. The van der Waals surface area contributed by atoms with Crippen LogP contribution in [0.25, 0.3) is 10.4 Å². The van der Waals surface area contributed by atoms with Gasteiger partial charge < -0.3 is 5.73 Å². The molecule has 82 valence electrons. The molecule has 0 aliphatic carbocycles. The fourth-order valence-electron chi connectivity index (χ4n) is 1.44. The number of primary amides is 1. The number of carbonyl (C=O) groups is 1. The quantitative estimate of drug-likeness (QED) is 0.894. The molecule has 0 bridgehead atoms. The van der Waals surface area contributed by atoms with E-state index in [1.165, 1.54) is 11.3 Å². The molecule has 1 aromatic carbocycles. The van der Waals surface area contributed by atoms with Crippen LogP contribution in [0.15, 0.2) is 24.3 Å². The van der Waals surface area contributed by atoms with Gasteiger partial charge >= 0.3 is 0 Å². The Hall–Kier alpha value is -1.39. The minimum Gasteiger partial charge on any atom is -0.364 e. The van der Waals surface area contributed by atoms with Gasteiger partial charge in [0.1, 0.15) is 5.69 Å². The molecule has 1 heterocycles. The number of hydrogen-bond acceptors (Lipinski definition) is 3. The van der Waals surface area contributed by atoms with Crippen LogP contribution in [0.1, 0.15) is 16.1 Å². The standard InChI is InChI=1S/C11H9ClN2OS/c1-6-3-2-4-7(5-6)9-8(10(13)15)14-11(12)16-9/h2-5H,1H3,(H2,13,15). The third-order valence-electron chi connectivity index (χ3n) is 2.11. The minimum atomic E-state index is -0.556. The van der Waals surface area contributed by atoms with E-state index in [0.717, 1.165) is 16.0 Å². The Morgan fingerprint density at radius 3 is 2.88 bits per heavy atom. The lowest BCUT2D eigenvalue weighted by Crippen LogP contribution is -2.12. The van der Waals surface area contributed by atoms with Crippen LogP contribution >= 0.6 is 22.9 Å². The van der Waals surface area contributed by atoms with E-state index in [0.29, 0.717) is 4.47 Å². The molecule has 0 fully saturated rings. The molecule has 0 saturated carbocycles. The molecule has 0 atom stereocenters. The average Bonchev–Trinajstić information content (AvgIpc) is 2.60. The summed E-state index contributed by atoms with van der Waals surface area (Å²) >= 11 is 7.06. The van der Waals surface area contributed by atoms with Crippen molar-refractivity contribution in [3.63, 3.8) is 0 Å². The second-order valence-electron chi connectivity index (χ2n) is 3.38. The van der Waals surface area contributed by atoms with Gasteiger partial charge in [0.05, 0.1) is 4.88 Å². The summed E-state index contributed by atoms with van der Waals surface area (Å²) in [6.45, 7) is 1.98. The van der Waals surface area contributed by atoms with Gasteiger partial charge in [-0.3, -0.25) is 4.79 Å². The number of nitrogens with zero attached hydrogens (tertiary/aromatic N) is 1. The van der Waals surface area contributed by atoms with Crippen molar-refractivity contribution in [2.75, 3.05) is 0 Å². The largest absolute Gasteiger partial charge is 0.364 e. The summed E-state index contributed by atoms with van der Waals surface area (Å²) < 4.78 is 0.324. The zero-order valence-corrected chi connectivity index (χ0v) is 10.1. The number of thiazole rings is 1. The Bertz CT molecular complexity index is 551. The summed E-state index contributed by atoms with van der Waals surface area (Å²) in [6.07, 6.45) is 0. The Morgan fingerprint density at radius 2 is 2.25 bits per heavy atom. The van der Waals surface area contributed by atoms with Gasteiger partial charge in [-0.1, -0.05) is 41.4 Å². The Kier molecular flexibility index (Phi) is 2.94. The van der Waals surface area contributed by atoms with Crippen molar-refractivity contribution in [2.24, 2.45) is 5.73 Å². The lowest BCUT2D eigenvalue weighted by atomic mass is 10.1. The van der Waals surface area contributed by atoms with Crippen LogP contribution in [0.2, 0.25) is 4.47 Å². The summed E-state index contributed by atoms with van der Waals surface area (Å²) in [6, 6.07) is 7.78. The molecule has 0 unspecified atom stereocenters. The number of amides is 1. The van der Waals surface area contributed by atoms with Gasteiger partial charge in [-0.2, -0.15) is 0 Å². The van der Waals surface area contributed by atoms with Crippen LogP contribution in [0.5, 0.6) is 0 Å². The summed E-state index contributed by atoms with van der Waals surface area (Å²) in [5.74, 6) is -0.556. The SMILES string of the molecule is Cc1cccc(-c2sc(Cl)nc2C(N)=O)c1. The smallest absolute Gasteiger partial charge is 0.268 e. The highest BCUT2D eigenvalue weighted by Gasteiger charge is 2.16. The number of carbonyl (C=O) groups excluding carboxylic acids is 1. The maximum absolute atomic E-state index is 11.2. The van der Waals surface area contributed by atoms with Crippen molar-refractivity contribution in [2.45, 2.75) is 6.92 Å². The molecule has 1 amide bonds. The molecule has 0 saturated heterocycles. The molecule has 5 heteroatoms. The third kappa shape index (κ3) is 2.08.